The number of amides is 1. The lowest BCUT2D eigenvalue weighted by Gasteiger charge is -2.09. The summed E-state index contributed by atoms with van der Waals surface area (Å²) in [6.07, 6.45) is -3.28. The Morgan fingerprint density at radius 1 is 1.33 bits per heavy atom. The first-order chi connectivity index (χ1) is 14.1. The number of amidine groups is 1. The molecule has 2 rings (SSSR count). The number of hydrogen-bond acceptors (Lipinski definition) is 8. The van der Waals surface area contributed by atoms with E-state index in [-0.39, 0.29) is 35.2 Å². The third kappa shape index (κ3) is 7.31. The number of thioether (sulfide) groups is 1. The van der Waals surface area contributed by atoms with Gasteiger partial charge in [0, 0.05) is 24.4 Å². The third-order valence-corrected chi connectivity index (χ3v) is 5.20. The largest absolute Gasteiger partial charge is 0.355 e. The van der Waals surface area contributed by atoms with Crippen molar-refractivity contribution in [1.82, 2.24) is 15.6 Å². The summed E-state index contributed by atoms with van der Waals surface area (Å²) < 4.78 is 65.2. The van der Waals surface area contributed by atoms with E-state index in [9.17, 15) is 26.4 Å². The summed E-state index contributed by atoms with van der Waals surface area (Å²) in [4.78, 5) is 11.5. The first kappa shape index (κ1) is 23.6. The summed E-state index contributed by atoms with van der Waals surface area (Å²) in [7, 11) is -3.73. The maximum absolute atomic E-state index is 13.4. The maximum Gasteiger partial charge on any atom is 0.266 e. The molecule has 1 amide bonds. The zero-order chi connectivity index (χ0) is 22.3. The van der Waals surface area contributed by atoms with Crippen LogP contribution in [0.15, 0.2) is 27.9 Å². The predicted octanol–water partition coefficient (Wildman–Crippen LogP) is 1.47. The molecule has 0 aliphatic carbocycles. The van der Waals surface area contributed by atoms with Crippen LogP contribution in [-0.4, -0.2) is 48.5 Å². The summed E-state index contributed by atoms with van der Waals surface area (Å²) in [5.74, 6) is -2.05. The number of aromatic nitrogens is 2. The number of alkyl halides is 2. The number of rotatable bonds is 10. The molecule has 0 fully saturated rings. The van der Waals surface area contributed by atoms with E-state index in [4.69, 9.17) is 10.5 Å². The molecule has 0 radical (unpaired) electrons. The molecule has 10 nitrogen and oxygen atoms in total. The maximum atomic E-state index is 13.4. The van der Waals surface area contributed by atoms with Crippen LogP contribution >= 0.6 is 11.8 Å². The molecule has 30 heavy (non-hydrogen) atoms. The standard InChI is InChI=1S/C15H17F3N6O4S2/c16-10-2-1-8(7-9(10)13(17)18)22-14(19)12-15(24-28-23-12)29-5-4-21-11(25)3-6-30(20,26)27/h1-2,7,13H,3-6H2,(H2,19,22)(H,21,25)(H2,20,26,27). The number of benzene rings is 1. The molecule has 0 aliphatic rings. The lowest BCUT2D eigenvalue weighted by molar-refractivity contribution is -0.120. The van der Waals surface area contributed by atoms with Gasteiger partial charge in [0.2, 0.25) is 15.9 Å². The van der Waals surface area contributed by atoms with Gasteiger partial charge in [-0.3, -0.25) is 10.2 Å². The van der Waals surface area contributed by atoms with Crippen LogP contribution in [0.4, 0.5) is 18.9 Å². The van der Waals surface area contributed by atoms with E-state index in [0.29, 0.717) is 5.75 Å². The second kappa shape index (κ2) is 10.4. The van der Waals surface area contributed by atoms with Gasteiger partial charge < -0.3 is 10.6 Å². The Morgan fingerprint density at radius 2 is 2.07 bits per heavy atom. The van der Waals surface area contributed by atoms with Crippen molar-refractivity contribution in [2.75, 3.05) is 23.4 Å². The fraction of sp³-hybridized carbons (Fsp3) is 0.333. The number of primary sulfonamides is 1. The van der Waals surface area contributed by atoms with Gasteiger partial charge in [-0.25, -0.2) is 31.4 Å². The number of carbonyl (C=O) groups is 1. The smallest absolute Gasteiger partial charge is 0.266 e. The number of anilines is 1. The molecule has 15 heteroatoms. The molecule has 1 aromatic carbocycles. The molecule has 0 aliphatic heterocycles. The second-order valence-corrected chi connectivity index (χ2v) is 8.59. The van der Waals surface area contributed by atoms with E-state index < -0.39 is 39.5 Å². The van der Waals surface area contributed by atoms with Crippen LogP contribution in [0.2, 0.25) is 0 Å². The van der Waals surface area contributed by atoms with Crippen LogP contribution in [0, 0.1) is 11.2 Å². The summed E-state index contributed by atoms with van der Waals surface area (Å²) in [5, 5.41) is 25.2. The SMILES string of the molecule is N=C(Nc1ccc(F)c(C(F)F)c1)c1nonc1SCCNC(=O)CCS(N)(=O)=O. The van der Waals surface area contributed by atoms with E-state index in [1.54, 1.807) is 0 Å². The number of nitrogens with zero attached hydrogens (tertiary/aromatic N) is 2. The lowest BCUT2D eigenvalue weighted by Crippen LogP contribution is -2.29. The highest BCUT2D eigenvalue weighted by molar-refractivity contribution is 7.99. The molecule has 0 unspecified atom stereocenters. The van der Waals surface area contributed by atoms with Crippen LogP contribution in [0.1, 0.15) is 24.1 Å². The number of halogens is 3. The summed E-state index contributed by atoms with van der Waals surface area (Å²) in [5.41, 5.74) is -0.764. The first-order valence-electron chi connectivity index (χ1n) is 8.23. The molecule has 0 saturated heterocycles. The van der Waals surface area contributed by atoms with Gasteiger partial charge in [0.1, 0.15) is 5.82 Å². The Morgan fingerprint density at radius 3 is 2.73 bits per heavy atom. The molecule has 0 atom stereocenters. The number of nitrogens with two attached hydrogens (primary N) is 1. The number of nitrogens with one attached hydrogen (secondary N) is 3. The van der Waals surface area contributed by atoms with Gasteiger partial charge in [0.25, 0.3) is 6.43 Å². The Labute approximate surface area is 173 Å². The minimum Gasteiger partial charge on any atom is -0.355 e. The highest BCUT2D eigenvalue weighted by atomic mass is 32.2. The fourth-order valence-corrected chi connectivity index (χ4v) is 3.31. The van der Waals surface area contributed by atoms with E-state index >= 15 is 0 Å². The van der Waals surface area contributed by atoms with E-state index in [2.05, 4.69) is 25.6 Å². The van der Waals surface area contributed by atoms with Gasteiger partial charge in [-0.15, -0.1) is 0 Å². The van der Waals surface area contributed by atoms with Crippen LogP contribution in [-0.2, 0) is 14.8 Å². The Hall–Kier alpha value is -2.65. The Bertz CT molecular complexity index is 1020. The van der Waals surface area contributed by atoms with E-state index in [0.717, 1.165) is 23.9 Å². The van der Waals surface area contributed by atoms with Crippen LogP contribution in [0.5, 0.6) is 0 Å². The van der Waals surface area contributed by atoms with Gasteiger partial charge >= 0.3 is 0 Å². The minimum absolute atomic E-state index is 0.0107. The van der Waals surface area contributed by atoms with Crippen LogP contribution in [0.3, 0.4) is 0 Å². The second-order valence-electron chi connectivity index (χ2n) is 5.77. The van der Waals surface area contributed by atoms with Gasteiger partial charge in [0.15, 0.2) is 16.6 Å². The van der Waals surface area contributed by atoms with Crippen molar-refractivity contribution < 1.29 is 31.0 Å². The fourth-order valence-electron chi connectivity index (χ4n) is 2.08. The minimum atomic E-state index is -3.73. The van der Waals surface area contributed by atoms with E-state index in [1.165, 1.54) is 6.07 Å². The molecule has 1 aromatic heterocycles. The molecule has 0 spiro atoms. The monoisotopic (exact) mass is 466 g/mol. The molecule has 0 saturated carbocycles. The molecular formula is C15H17F3N6O4S2. The topological polar surface area (TPSA) is 164 Å². The molecule has 1 heterocycles. The highest BCUT2D eigenvalue weighted by Gasteiger charge is 2.18. The Kier molecular flexibility index (Phi) is 8.19. The average Bonchev–Trinajstić information content (AvgIpc) is 3.13. The zero-order valence-electron chi connectivity index (χ0n) is 15.2. The zero-order valence-corrected chi connectivity index (χ0v) is 16.8. The van der Waals surface area contributed by atoms with Gasteiger partial charge in [0.05, 0.1) is 11.3 Å². The van der Waals surface area contributed by atoms with Crippen molar-refractivity contribution in [1.29, 1.82) is 5.41 Å². The van der Waals surface area contributed by atoms with Crippen molar-refractivity contribution in [3.63, 3.8) is 0 Å². The average molecular weight is 466 g/mol. The number of hydrogen-bond donors (Lipinski definition) is 4. The first-order valence-corrected chi connectivity index (χ1v) is 10.9. The van der Waals surface area contributed by atoms with Crippen LogP contribution in [0.25, 0.3) is 0 Å². The molecular weight excluding hydrogens is 449 g/mol. The normalized spacial score (nSPS) is 11.5. The number of sulfonamides is 1. The quantitative estimate of drug-likeness (QED) is 0.177. The predicted molar refractivity (Wildman–Crippen MR) is 102 cm³/mol. The van der Waals surface area contributed by atoms with Crippen molar-refractivity contribution in [3.05, 3.63) is 35.3 Å². The van der Waals surface area contributed by atoms with Gasteiger partial charge in [-0.05, 0) is 28.5 Å². The Balaban J connectivity index is 1.88. The summed E-state index contributed by atoms with van der Waals surface area (Å²) in [6.45, 7) is 0.164. The third-order valence-electron chi connectivity index (χ3n) is 3.47. The van der Waals surface area contributed by atoms with Gasteiger partial charge in [-0.2, -0.15) is 0 Å². The molecule has 0 bridgehead atoms. The van der Waals surface area contributed by atoms with Crippen LogP contribution < -0.4 is 15.8 Å². The summed E-state index contributed by atoms with van der Waals surface area (Å²) >= 11 is 1.08. The van der Waals surface area contributed by atoms with Crippen molar-refractivity contribution >= 4 is 39.2 Å². The highest BCUT2D eigenvalue weighted by Crippen LogP contribution is 2.26. The number of carbonyl (C=O) groups excluding carboxylic acids is 1. The van der Waals surface area contributed by atoms with Gasteiger partial charge in [-0.1, -0.05) is 11.8 Å². The van der Waals surface area contributed by atoms with Crippen molar-refractivity contribution in [2.24, 2.45) is 5.14 Å². The summed E-state index contributed by atoms with van der Waals surface area (Å²) in [6, 6.07) is 2.92. The van der Waals surface area contributed by atoms with Crippen molar-refractivity contribution in [3.8, 4) is 0 Å². The molecule has 5 N–H and O–H groups in total. The molecule has 164 valence electrons. The molecule has 2 aromatic rings. The van der Waals surface area contributed by atoms with Crippen molar-refractivity contribution in [2.45, 2.75) is 17.9 Å². The van der Waals surface area contributed by atoms with E-state index in [1.807, 2.05) is 0 Å². The lowest BCUT2D eigenvalue weighted by atomic mass is 10.2.